The number of carbonyl (C=O) groups excluding carboxylic acids is 1. The molecular formula is C27H21N5O2S. The molecule has 0 spiro atoms. The number of nitrogens with one attached hydrogen (secondary N) is 1. The molecule has 0 aliphatic rings. The van der Waals surface area contributed by atoms with Crippen LogP contribution in [0.4, 0.5) is 5.69 Å². The maximum atomic E-state index is 12.9. The molecule has 0 atom stereocenters. The van der Waals surface area contributed by atoms with Crippen molar-refractivity contribution in [2.75, 3.05) is 11.1 Å². The number of nitriles is 1. The van der Waals surface area contributed by atoms with Crippen LogP contribution in [0.3, 0.4) is 0 Å². The number of anilines is 1. The van der Waals surface area contributed by atoms with Gasteiger partial charge in [0.05, 0.1) is 11.4 Å². The number of aromatic nitrogens is 3. The van der Waals surface area contributed by atoms with Gasteiger partial charge in [-0.1, -0.05) is 60.3 Å². The van der Waals surface area contributed by atoms with Crippen molar-refractivity contribution in [2.24, 2.45) is 0 Å². The first-order valence-electron chi connectivity index (χ1n) is 11.0. The fraction of sp³-hybridized carbons (Fsp3) is 0.111. The molecule has 5 rings (SSSR count). The van der Waals surface area contributed by atoms with E-state index in [4.69, 9.17) is 4.42 Å². The Bertz CT molecular complexity index is 1580. The largest absolute Gasteiger partial charge is 0.443 e. The lowest BCUT2D eigenvalue weighted by Crippen LogP contribution is -2.15. The van der Waals surface area contributed by atoms with E-state index in [9.17, 15) is 10.1 Å². The van der Waals surface area contributed by atoms with Crippen LogP contribution in [0.2, 0.25) is 0 Å². The van der Waals surface area contributed by atoms with Gasteiger partial charge in [-0.25, -0.2) is 0 Å². The number of nitrogens with zero attached hydrogens (tertiary/aromatic N) is 4. The number of hydrogen-bond acceptors (Lipinski definition) is 6. The summed E-state index contributed by atoms with van der Waals surface area (Å²) in [4.78, 5) is 12.9. The minimum absolute atomic E-state index is 0.0780. The first-order valence-corrected chi connectivity index (χ1v) is 12.0. The average Bonchev–Trinajstić information content (AvgIpc) is 3.46. The molecular weight excluding hydrogens is 458 g/mol. The molecule has 1 amide bonds. The summed E-state index contributed by atoms with van der Waals surface area (Å²) in [6, 6.07) is 25.2. The number of rotatable bonds is 6. The Kier molecular flexibility index (Phi) is 6.08. The number of carbonyl (C=O) groups is 1. The molecule has 0 saturated carbocycles. The SMILES string of the molecule is Cc1ccc(-n2c(SCC(=O)Nc3c(C#N)oc4ccccc34)nnc2-c2ccccc2)cc1C. The summed E-state index contributed by atoms with van der Waals surface area (Å²) >= 11 is 1.28. The van der Waals surface area contributed by atoms with Crippen LogP contribution in [0.1, 0.15) is 16.9 Å². The van der Waals surface area contributed by atoms with Crippen LogP contribution in [0.5, 0.6) is 0 Å². The van der Waals surface area contributed by atoms with E-state index in [-0.39, 0.29) is 17.4 Å². The van der Waals surface area contributed by atoms with E-state index in [1.807, 2.05) is 65.2 Å². The van der Waals surface area contributed by atoms with E-state index in [0.29, 0.717) is 27.6 Å². The molecule has 0 aliphatic heterocycles. The summed E-state index contributed by atoms with van der Waals surface area (Å²) < 4.78 is 7.52. The molecule has 8 heteroatoms. The monoisotopic (exact) mass is 479 g/mol. The van der Waals surface area contributed by atoms with Crippen molar-refractivity contribution in [3.63, 3.8) is 0 Å². The number of furan rings is 1. The number of amides is 1. The summed E-state index contributed by atoms with van der Waals surface area (Å²) in [6.45, 7) is 4.13. The van der Waals surface area contributed by atoms with E-state index in [2.05, 4.69) is 41.5 Å². The highest BCUT2D eigenvalue weighted by atomic mass is 32.2. The first-order chi connectivity index (χ1) is 17.0. The summed E-state index contributed by atoms with van der Waals surface area (Å²) in [5.74, 6) is 0.592. The summed E-state index contributed by atoms with van der Waals surface area (Å²) in [6.07, 6.45) is 0. The quantitative estimate of drug-likeness (QED) is 0.305. The Hall–Kier alpha value is -4.35. The van der Waals surface area contributed by atoms with Gasteiger partial charge in [-0.15, -0.1) is 10.2 Å². The van der Waals surface area contributed by atoms with E-state index < -0.39 is 0 Å². The fourth-order valence-electron chi connectivity index (χ4n) is 3.79. The average molecular weight is 480 g/mol. The first kappa shape index (κ1) is 22.4. The molecule has 5 aromatic rings. The highest BCUT2D eigenvalue weighted by Gasteiger charge is 2.20. The Morgan fingerprint density at radius 1 is 1.03 bits per heavy atom. The van der Waals surface area contributed by atoms with Crippen molar-refractivity contribution in [3.05, 3.63) is 89.7 Å². The van der Waals surface area contributed by atoms with Crippen LogP contribution < -0.4 is 5.32 Å². The molecule has 2 aromatic heterocycles. The maximum Gasteiger partial charge on any atom is 0.234 e. The molecule has 1 N–H and O–H groups in total. The molecule has 2 heterocycles. The minimum Gasteiger partial charge on any atom is -0.443 e. The maximum absolute atomic E-state index is 12.9. The second-order valence-electron chi connectivity index (χ2n) is 8.03. The van der Waals surface area contributed by atoms with Crippen molar-refractivity contribution in [3.8, 4) is 23.1 Å². The zero-order chi connectivity index (χ0) is 24.4. The second-order valence-corrected chi connectivity index (χ2v) is 8.97. The Morgan fingerprint density at radius 2 is 1.80 bits per heavy atom. The summed E-state index contributed by atoms with van der Waals surface area (Å²) in [5, 5.41) is 22.4. The van der Waals surface area contributed by atoms with E-state index in [1.165, 1.54) is 17.3 Å². The fourth-order valence-corrected chi connectivity index (χ4v) is 4.54. The Morgan fingerprint density at radius 3 is 2.57 bits per heavy atom. The van der Waals surface area contributed by atoms with Gasteiger partial charge in [-0.3, -0.25) is 9.36 Å². The van der Waals surface area contributed by atoms with Crippen molar-refractivity contribution in [1.29, 1.82) is 5.26 Å². The standard InChI is InChI=1S/C27H21N5O2S/c1-17-12-13-20(14-18(17)2)32-26(19-8-4-3-5-9-19)30-31-27(32)35-16-24(33)29-25-21-10-6-7-11-22(21)34-23(25)15-28/h3-14H,16H2,1-2H3,(H,29,33). The number of fused-ring (bicyclic) bond motifs is 1. The van der Waals surface area contributed by atoms with Gasteiger partial charge in [0, 0.05) is 10.9 Å². The Balaban J connectivity index is 1.44. The molecule has 3 aromatic carbocycles. The lowest BCUT2D eigenvalue weighted by Gasteiger charge is -2.12. The van der Waals surface area contributed by atoms with Gasteiger partial charge in [0.25, 0.3) is 0 Å². The predicted molar refractivity (Wildman–Crippen MR) is 137 cm³/mol. The van der Waals surface area contributed by atoms with Gasteiger partial charge in [0.1, 0.15) is 17.3 Å². The molecule has 7 nitrogen and oxygen atoms in total. The third-order valence-electron chi connectivity index (χ3n) is 5.71. The molecule has 0 aliphatic carbocycles. The smallest absolute Gasteiger partial charge is 0.234 e. The van der Waals surface area contributed by atoms with Crippen LogP contribution >= 0.6 is 11.8 Å². The van der Waals surface area contributed by atoms with Crippen molar-refractivity contribution < 1.29 is 9.21 Å². The zero-order valence-corrected chi connectivity index (χ0v) is 20.0. The topological polar surface area (TPSA) is 96.7 Å². The van der Waals surface area contributed by atoms with Gasteiger partial charge >= 0.3 is 0 Å². The lowest BCUT2D eigenvalue weighted by molar-refractivity contribution is -0.113. The van der Waals surface area contributed by atoms with Gasteiger partial charge < -0.3 is 9.73 Å². The van der Waals surface area contributed by atoms with Gasteiger partial charge in [0.2, 0.25) is 11.7 Å². The third kappa shape index (κ3) is 4.42. The zero-order valence-electron chi connectivity index (χ0n) is 19.1. The van der Waals surface area contributed by atoms with Crippen LogP contribution in [-0.2, 0) is 4.79 Å². The summed E-state index contributed by atoms with van der Waals surface area (Å²) in [7, 11) is 0. The molecule has 0 saturated heterocycles. The number of thioether (sulfide) groups is 1. The van der Waals surface area contributed by atoms with Gasteiger partial charge in [-0.2, -0.15) is 5.26 Å². The molecule has 0 bridgehead atoms. The van der Waals surface area contributed by atoms with E-state index in [1.54, 1.807) is 6.07 Å². The molecule has 172 valence electrons. The third-order valence-corrected chi connectivity index (χ3v) is 6.64. The van der Waals surface area contributed by atoms with Crippen LogP contribution in [-0.4, -0.2) is 26.4 Å². The number of aryl methyl sites for hydroxylation is 2. The number of hydrogen-bond donors (Lipinski definition) is 1. The lowest BCUT2D eigenvalue weighted by atomic mass is 10.1. The van der Waals surface area contributed by atoms with Crippen molar-refractivity contribution in [2.45, 2.75) is 19.0 Å². The van der Waals surface area contributed by atoms with Crippen LogP contribution in [0, 0.1) is 25.2 Å². The molecule has 0 radical (unpaired) electrons. The van der Waals surface area contributed by atoms with E-state index in [0.717, 1.165) is 16.8 Å². The Labute approximate surface area is 206 Å². The van der Waals surface area contributed by atoms with Crippen LogP contribution in [0.25, 0.3) is 28.0 Å². The highest BCUT2D eigenvalue weighted by Crippen LogP contribution is 2.32. The van der Waals surface area contributed by atoms with Gasteiger partial charge in [-0.05, 0) is 49.2 Å². The van der Waals surface area contributed by atoms with Crippen molar-refractivity contribution >= 4 is 34.3 Å². The molecule has 0 fully saturated rings. The second kappa shape index (κ2) is 9.49. The summed E-state index contributed by atoms with van der Waals surface area (Å²) in [5.41, 5.74) is 5.13. The number of para-hydroxylation sites is 1. The minimum atomic E-state index is -0.269. The van der Waals surface area contributed by atoms with E-state index >= 15 is 0 Å². The van der Waals surface area contributed by atoms with Crippen molar-refractivity contribution in [1.82, 2.24) is 14.8 Å². The molecule has 35 heavy (non-hydrogen) atoms. The van der Waals surface area contributed by atoms with Crippen LogP contribution in [0.15, 0.2) is 82.4 Å². The normalized spacial score (nSPS) is 10.9. The number of benzene rings is 3. The van der Waals surface area contributed by atoms with Gasteiger partial charge in [0.15, 0.2) is 11.0 Å². The predicted octanol–water partition coefficient (Wildman–Crippen LogP) is 5.90. The highest BCUT2D eigenvalue weighted by molar-refractivity contribution is 7.99. The molecule has 0 unspecified atom stereocenters.